The summed E-state index contributed by atoms with van der Waals surface area (Å²) in [7, 11) is 0. The third-order valence-electron chi connectivity index (χ3n) is 4.34. The summed E-state index contributed by atoms with van der Waals surface area (Å²) in [6, 6.07) is 0.492. The molecule has 21 heavy (non-hydrogen) atoms. The maximum atomic E-state index is 4.88. The van der Waals surface area contributed by atoms with Crippen molar-refractivity contribution < 1.29 is 0 Å². The molecular weight excluding hydrogens is 278 g/mol. The summed E-state index contributed by atoms with van der Waals surface area (Å²) in [5, 5.41) is 5.15. The minimum atomic E-state index is 0.0886. The normalized spacial score (nSPS) is 19.6. The molecule has 0 aromatic carbocycles. The van der Waals surface area contributed by atoms with E-state index in [0.29, 0.717) is 6.04 Å². The van der Waals surface area contributed by atoms with Crippen molar-refractivity contribution in [3.8, 4) is 0 Å². The van der Waals surface area contributed by atoms with Crippen molar-refractivity contribution in [2.75, 3.05) is 19.6 Å². The van der Waals surface area contributed by atoms with Gasteiger partial charge in [-0.1, -0.05) is 13.8 Å². The summed E-state index contributed by atoms with van der Waals surface area (Å²) in [6.45, 7) is 17.0. The predicted molar refractivity (Wildman–Crippen MR) is 92.0 cm³/mol. The van der Waals surface area contributed by atoms with Crippen molar-refractivity contribution in [3.63, 3.8) is 0 Å². The Morgan fingerprint density at radius 1 is 1.19 bits per heavy atom. The molecule has 1 aromatic rings. The molecule has 1 N–H and O–H groups in total. The molecule has 0 atom stereocenters. The van der Waals surface area contributed by atoms with Crippen LogP contribution in [0.25, 0.3) is 0 Å². The van der Waals surface area contributed by atoms with Gasteiger partial charge in [-0.25, -0.2) is 4.98 Å². The number of hydrogen-bond donors (Lipinski definition) is 1. The van der Waals surface area contributed by atoms with Crippen molar-refractivity contribution in [2.45, 2.75) is 66.0 Å². The Labute approximate surface area is 134 Å². The lowest BCUT2D eigenvalue weighted by Gasteiger charge is -2.43. The van der Waals surface area contributed by atoms with Gasteiger partial charge >= 0.3 is 0 Å². The Bertz CT molecular complexity index is 437. The van der Waals surface area contributed by atoms with Gasteiger partial charge in [0.2, 0.25) is 0 Å². The molecule has 1 saturated heterocycles. The number of rotatable bonds is 5. The number of hydrogen-bond acceptors (Lipinski definition) is 4. The molecule has 4 heteroatoms. The highest BCUT2D eigenvalue weighted by atomic mass is 32.1. The molecule has 2 heterocycles. The fraction of sp³-hybridized carbons (Fsp3) is 0.824. The second kappa shape index (κ2) is 6.76. The summed E-state index contributed by atoms with van der Waals surface area (Å²) >= 11 is 1.88. The van der Waals surface area contributed by atoms with Gasteiger partial charge in [-0.15, -0.1) is 11.3 Å². The van der Waals surface area contributed by atoms with Gasteiger partial charge < -0.3 is 10.2 Å². The smallest absolute Gasteiger partial charge is 0.113 e. The molecule has 0 unspecified atom stereocenters. The van der Waals surface area contributed by atoms with E-state index in [4.69, 9.17) is 4.98 Å². The molecular formula is C17H31N3S. The second-order valence-electron chi connectivity index (χ2n) is 7.24. The first-order valence-corrected chi connectivity index (χ1v) is 9.08. The lowest BCUT2D eigenvalue weighted by Crippen LogP contribution is -2.53. The summed E-state index contributed by atoms with van der Waals surface area (Å²) < 4.78 is 0. The van der Waals surface area contributed by atoms with Crippen LogP contribution >= 0.6 is 11.3 Å². The molecule has 0 radical (unpaired) electrons. The maximum absolute atomic E-state index is 4.88. The van der Waals surface area contributed by atoms with Gasteiger partial charge in [0.15, 0.2) is 0 Å². The van der Waals surface area contributed by atoms with Crippen molar-refractivity contribution in [3.05, 3.63) is 15.6 Å². The molecule has 3 nitrogen and oxygen atoms in total. The van der Waals surface area contributed by atoms with Crippen LogP contribution in [0.5, 0.6) is 0 Å². The average Bonchev–Trinajstić information content (AvgIpc) is 2.72. The molecule has 0 bridgehead atoms. The molecule has 1 aliphatic rings. The number of likely N-dealkylation sites (tertiary alicyclic amines) is 1. The predicted octanol–water partition coefficient (Wildman–Crippen LogP) is 3.71. The molecule has 1 fully saturated rings. The summed E-state index contributed by atoms with van der Waals surface area (Å²) in [6.07, 6.45) is 2.34. The van der Waals surface area contributed by atoms with Crippen molar-refractivity contribution in [1.82, 2.24) is 15.2 Å². The zero-order valence-electron chi connectivity index (χ0n) is 14.5. The van der Waals surface area contributed by atoms with Gasteiger partial charge in [-0.05, 0) is 46.5 Å². The van der Waals surface area contributed by atoms with Crippen LogP contribution in [0.3, 0.4) is 0 Å². The summed E-state index contributed by atoms with van der Waals surface area (Å²) in [5.41, 5.74) is 1.29. The highest BCUT2D eigenvalue weighted by Crippen LogP contribution is 2.37. The molecule has 0 aliphatic carbocycles. The van der Waals surface area contributed by atoms with Crippen LogP contribution < -0.4 is 5.32 Å². The van der Waals surface area contributed by atoms with Crippen LogP contribution in [-0.4, -0.2) is 35.6 Å². The molecule has 120 valence electrons. The SMILES string of the molecule is Cc1nc(C2(NC(C)C)CCN(CC(C)C)CC2)sc1C. The second-order valence-corrected chi connectivity index (χ2v) is 8.44. The molecule has 1 aromatic heterocycles. The minimum absolute atomic E-state index is 0.0886. The van der Waals surface area contributed by atoms with E-state index in [0.717, 1.165) is 5.92 Å². The molecule has 0 saturated carbocycles. The van der Waals surface area contributed by atoms with Crippen molar-refractivity contribution in [1.29, 1.82) is 0 Å². The zero-order chi connectivity index (χ0) is 15.6. The molecule has 1 aliphatic heterocycles. The van der Waals surface area contributed by atoms with Crippen molar-refractivity contribution >= 4 is 11.3 Å². The van der Waals surface area contributed by atoms with Crippen LogP contribution in [0.1, 0.15) is 56.1 Å². The van der Waals surface area contributed by atoms with Crippen molar-refractivity contribution in [2.24, 2.45) is 5.92 Å². The van der Waals surface area contributed by atoms with Gasteiger partial charge in [-0.3, -0.25) is 0 Å². The molecule has 2 rings (SSSR count). The number of piperidine rings is 1. The van der Waals surface area contributed by atoms with Gasteiger partial charge in [-0.2, -0.15) is 0 Å². The quantitative estimate of drug-likeness (QED) is 0.899. The van der Waals surface area contributed by atoms with E-state index in [1.165, 1.54) is 48.1 Å². The van der Waals surface area contributed by atoms with Gasteiger partial charge in [0.05, 0.1) is 11.2 Å². The number of aromatic nitrogens is 1. The van der Waals surface area contributed by atoms with E-state index < -0.39 is 0 Å². The first-order valence-electron chi connectivity index (χ1n) is 8.27. The largest absolute Gasteiger partial charge is 0.303 e. The summed E-state index contributed by atoms with van der Waals surface area (Å²) in [5.74, 6) is 0.750. The Balaban J connectivity index is 2.16. The number of nitrogens with zero attached hydrogens (tertiary/aromatic N) is 2. The number of thiazole rings is 1. The van der Waals surface area contributed by atoms with E-state index in [1.807, 2.05) is 11.3 Å². The average molecular weight is 310 g/mol. The number of nitrogens with one attached hydrogen (secondary N) is 1. The van der Waals surface area contributed by atoms with Gasteiger partial charge in [0, 0.05) is 30.6 Å². The lowest BCUT2D eigenvalue weighted by atomic mass is 9.87. The highest BCUT2D eigenvalue weighted by molar-refractivity contribution is 7.11. The third kappa shape index (κ3) is 4.05. The fourth-order valence-corrected chi connectivity index (χ4v) is 4.41. The fourth-order valence-electron chi connectivity index (χ4n) is 3.28. The van der Waals surface area contributed by atoms with Gasteiger partial charge in [0.1, 0.15) is 5.01 Å². The van der Waals surface area contributed by atoms with Crippen LogP contribution in [-0.2, 0) is 5.54 Å². The van der Waals surface area contributed by atoms with E-state index >= 15 is 0 Å². The topological polar surface area (TPSA) is 28.2 Å². The van der Waals surface area contributed by atoms with Gasteiger partial charge in [0.25, 0.3) is 0 Å². The Morgan fingerprint density at radius 3 is 2.24 bits per heavy atom. The van der Waals surface area contributed by atoms with E-state index in [-0.39, 0.29) is 5.54 Å². The first-order chi connectivity index (χ1) is 9.82. The Kier molecular flexibility index (Phi) is 5.44. The van der Waals surface area contributed by atoms with E-state index in [2.05, 4.69) is 51.8 Å². The molecule has 0 amide bonds. The van der Waals surface area contributed by atoms with Crippen LogP contribution in [0.15, 0.2) is 0 Å². The van der Waals surface area contributed by atoms with Crippen LogP contribution in [0.2, 0.25) is 0 Å². The third-order valence-corrected chi connectivity index (χ3v) is 5.61. The van der Waals surface area contributed by atoms with E-state index in [1.54, 1.807) is 0 Å². The van der Waals surface area contributed by atoms with Crippen LogP contribution in [0, 0.1) is 19.8 Å². The highest BCUT2D eigenvalue weighted by Gasteiger charge is 2.39. The standard InChI is InChI=1S/C17H31N3S/c1-12(2)11-20-9-7-17(8-10-20,19-13(3)4)16-18-14(5)15(6)21-16/h12-13,19H,7-11H2,1-6H3. The Morgan fingerprint density at radius 2 is 1.81 bits per heavy atom. The monoisotopic (exact) mass is 309 g/mol. The number of aryl methyl sites for hydroxylation is 2. The lowest BCUT2D eigenvalue weighted by molar-refractivity contribution is 0.117. The molecule has 0 spiro atoms. The van der Waals surface area contributed by atoms with E-state index in [9.17, 15) is 0 Å². The summed E-state index contributed by atoms with van der Waals surface area (Å²) in [4.78, 5) is 8.85. The zero-order valence-corrected chi connectivity index (χ0v) is 15.3. The minimum Gasteiger partial charge on any atom is -0.303 e. The first kappa shape index (κ1) is 16.9. The van der Waals surface area contributed by atoms with Crippen LogP contribution in [0.4, 0.5) is 0 Å². The maximum Gasteiger partial charge on any atom is 0.113 e. The Hall–Kier alpha value is -0.450.